The molecule has 9 nitrogen and oxygen atoms in total. The van der Waals surface area contributed by atoms with E-state index in [9.17, 15) is 22.8 Å². The molecule has 0 saturated carbocycles. The number of aromatic nitrogens is 4. The van der Waals surface area contributed by atoms with Gasteiger partial charge in [-0.3, -0.25) is 14.5 Å². The summed E-state index contributed by atoms with van der Waals surface area (Å²) >= 11 is 0. The Hall–Kier alpha value is -3.80. The zero-order valence-corrected chi connectivity index (χ0v) is 21.1. The predicted molar refractivity (Wildman–Crippen MR) is 133 cm³/mol. The van der Waals surface area contributed by atoms with E-state index in [2.05, 4.69) is 20.7 Å². The van der Waals surface area contributed by atoms with E-state index in [1.54, 1.807) is 19.1 Å². The number of anilines is 1. The highest BCUT2D eigenvalue weighted by Crippen LogP contribution is 2.37. The second-order valence-electron chi connectivity index (χ2n) is 9.09. The second-order valence-corrected chi connectivity index (χ2v) is 9.09. The molecule has 1 fully saturated rings. The van der Waals surface area contributed by atoms with Crippen molar-refractivity contribution in [1.82, 2.24) is 25.5 Å². The lowest BCUT2D eigenvalue weighted by Crippen LogP contribution is -2.52. The lowest BCUT2D eigenvalue weighted by Gasteiger charge is -2.32. The van der Waals surface area contributed by atoms with Gasteiger partial charge in [0, 0.05) is 18.7 Å². The van der Waals surface area contributed by atoms with Gasteiger partial charge in [-0.15, -0.1) is 10.2 Å². The molecule has 2 atom stereocenters. The van der Waals surface area contributed by atoms with Crippen LogP contribution >= 0.6 is 0 Å². The molecule has 0 spiro atoms. The zero-order valence-electron chi connectivity index (χ0n) is 21.1. The summed E-state index contributed by atoms with van der Waals surface area (Å²) in [5, 5.41) is 14.8. The molecule has 0 radical (unpaired) electrons. The summed E-state index contributed by atoms with van der Waals surface area (Å²) in [6.07, 6.45) is -3.18. The van der Waals surface area contributed by atoms with Gasteiger partial charge in [0.15, 0.2) is 0 Å². The molecule has 1 aliphatic heterocycles. The minimum Gasteiger partial charge on any atom is -0.376 e. The van der Waals surface area contributed by atoms with Crippen molar-refractivity contribution in [3.05, 3.63) is 59.7 Å². The molecule has 2 amide bonds. The third-order valence-electron chi connectivity index (χ3n) is 6.31. The molecular formula is C26H29F3N6O3. The van der Waals surface area contributed by atoms with Gasteiger partial charge in [0.1, 0.15) is 12.6 Å². The van der Waals surface area contributed by atoms with E-state index in [0.717, 1.165) is 34.2 Å². The number of aryl methyl sites for hydroxylation is 1. The maximum absolute atomic E-state index is 13.9. The molecule has 1 N–H and O–H groups in total. The fourth-order valence-corrected chi connectivity index (χ4v) is 4.35. The van der Waals surface area contributed by atoms with Gasteiger partial charge in [-0.1, -0.05) is 48.9 Å². The number of alkyl halides is 3. The van der Waals surface area contributed by atoms with Crippen LogP contribution < -0.4 is 10.2 Å². The number of hydrogen-bond donors (Lipinski definition) is 1. The quantitative estimate of drug-likeness (QED) is 0.452. The number of tetrazole rings is 1. The minimum atomic E-state index is -4.74. The van der Waals surface area contributed by atoms with E-state index in [1.165, 1.54) is 18.2 Å². The predicted octanol–water partition coefficient (Wildman–Crippen LogP) is 3.77. The summed E-state index contributed by atoms with van der Waals surface area (Å²) < 4.78 is 47.4. The average Bonchev–Trinajstić information content (AvgIpc) is 3.58. The Balaban J connectivity index is 1.63. The van der Waals surface area contributed by atoms with E-state index in [1.807, 2.05) is 19.1 Å². The molecule has 3 aromatic rings. The first-order chi connectivity index (χ1) is 18.2. The van der Waals surface area contributed by atoms with Gasteiger partial charge in [0.05, 0.1) is 17.4 Å². The van der Waals surface area contributed by atoms with Crippen LogP contribution in [0, 0.1) is 6.92 Å². The van der Waals surface area contributed by atoms with Crippen LogP contribution in [0.5, 0.6) is 0 Å². The Morgan fingerprint density at radius 1 is 1.18 bits per heavy atom. The van der Waals surface area contributed by atoms with Crippen molar-refractivity contribution in [3.63, 3.8) is 0 Å². The highest BCUT2D eigenvalue weighted by atomic mass is 19.4. The highest BCUT2D eigenvalue weighted by molar-refractivity contribution is 6.01. The maximum atomic E-state index is 13.9. The van der Waals surface area contributed by atoms with Crippen LogP contribution in [0.15, 0.2) is 48.5 Å². The summed E-state index contributed by atoms with van der Waals surface area (Å²) in [5.41, 5.74) is 0.279. The number of rotatable bonds is 9. The first-order valence-electron chi connectivity index (χ1n) is 12.4. The standard InChI is InChI=1S/C26H29F3N6O3/c1-3-21(25(37)30-15-19-7-6-14-38-19)35(22-9-5-4-8-20(22)26(27,28)29)23(36)16-34-32-24(31-33-34)18-12-10-17(2)11-13-18/h4-5,8-13,19,21H,3,6-7,14-16H2,1-2H3,(H,30,37)/t19-,21-/m1/s1. The van der Waals surface area contributed by atoms with Crippen molar-refractivity contribution in [2.45, 2.75) is 58.0 Å². The molecule has 2 aromatic carbocycles. The van der Waals surface area contributed by atoms with Crippen LogP contribution in [0.1, 0.15) is 37.3 Å². The molecule has 4 rings (SSSR count). The largest absolute Gasteiger partial charge is 0.418 e. The summed E-state index contributed by atoms with van der Waals surface area (Å²) in [4.78, 5) is 28.7. The van der Waals surface area contributed by atoms with Crippen molar-refractivity contribution < 1.29 is 27.5 Å². The summed E-state index contributed by atoms with van der Waals surface area (Å²) in [6.45, 7) is 3.86. The van der Waals surface area contributed by atoms with Crippen molar-refractivity contribution >= 4 is 17.5 Å². The van der Waals surface area contributed by atoms with Gasteiger partial charge in [0.25, 0.3) is 5.91 Å². The topological polar surface area (TPSA) is 102 Å². The number of para-hydroxylation sites is 1. The number of ether oxygens (including phenoxy) is 1. The Bertz CT molecular complexity index is 1260. The van der Waals surface area contributed by atoms with Crippen molar-refractivity contribution in [2.75, 3.05) is 18.1 Å². The van der Waals surface area contributed by atoms with Gasteiger partial charge >= 0.3 is 6.18 Å². The lowest BCUT2D eigenvalue weighted by molar-refractivity contribution is -0.137. The maximum Gasteiger partial charge on any atom is 0.418 e. The minimum absolute atomic E-state index is 0.0781. The summed E-state index contributed by atoms with van der Waals surface area (Å²) in [5.74, 6) is -1.09. The monoisotopic (exact) mass is 530 g/mol. The molecule has 0 bridgehead atoms. The van der Waals surface area contributed by atoms with Crippen LogP contribution in [0.2, 0.25) is 0 Å². The lowest BCUT2D eigenvalue weighted by atomic mass is 10.1. The Morgan fingerprint density at radius 2 is 1.92 bits per heavy atom. The molecule has 38 heavy (non-hydrogen) atoms. The average molecular weight is 531 g/mol. The third kappa shape index (κ3) is 6.36. The molecule has 1 aromatic heterocycles. The number of nitrogens with zero attached hydrogens (tertiary/aromatic N) is 5. The fraction of sp³-hybridized carbons (Fsp3) is 0.423. The van der Waals surface area contributed by atoms with Crippen LogP contribution in [0.3, 0.4) is 0 Å². The molecule has 1 aliphatic rings. The first-order valence-corrected chi connectivity index (χ1v) is 12.4. The van der Waals surface area contributed by atoms with Crippen LogP contribution in [-0.4, -0.2) is 57.3 Å². The fourth-order valence-electron chi connectivity index (χ4n) is 4.35. The number of carbonyl (C=O) groups is 2. The van der Waals surface area contributed by atoms with Gasteiger partial charge in [-0.2, -0.15) is 18.0 Å². The highest BCUT2D eigenvalue weighted by Gasteiger charge is 2.39. The second kappa shape index (κ2) is 11.7. The molecular weight excluding hydrogens is 501 g/mol. The van der Waals surface area contributed by atoms with E-state index >= 15 is 0 Å². The molecule has 202 valence electrons. The van der Waals surface area contributed by atoms with Crippen LogP contribution in [-0.2, 0) is 27.0 Å². The smallest absolute Gasteiger partial charge is 0.376 e. The van der Waals surface area contributed by atoms with Gasteiger partial charge in [-0.25, -0.2) is 0 Å². The van der Waals surface area contributed by atoms with Gasteiger partial charge in [-0.05, 0) is 43.5 Å². The van der Waals surface area contributed by atoms with Crippen LogP contribution in [0.25, 0.3) is 11.4 Å². The van der Waals surface area contributed by atoms with E-state index in [-0.39, 0.29) is 24.9 Å². The van der Waals surface area contributed by atoms with Crippen LogP contribution in [0.4, 0.5) is 18.9 Å². The number of hydrogen-bond acceptors (Lipinski definition) is 6. The Labute approximate surface area is 218 Å². The Kier molecular flexibility index (Phi) is 8.40. The van der Waals surface area contributed by atoms with Gasteiger partial charge in [0.2, 0.25) is 11.7 Å². The summed E-state index contributed by atoms with van der Waals surface area (Å²) in [7, 11) is 0. The van der Waals surface area contributed by atoms with Gasteiger partial charge < -0.3 is 10.1 Å². The van der Waals surface area contributed by atoms with E-state index < -0.39 is 41.8 Å². The number of amides is 2. The molecule has 2 heterocycles. The number of benzene rings is 2. The number of halogens is 3. The Morgan fingerprint density at radius 3 is 2.58 bits per heavy atom. The third-order valence-corrected chi connectivity index (χ3v) is 6.31. The first kappa shape index (κ1) is 27.2. The normalized spacial score (nSPS) is 16.3. The number of carbonyl (C=O) groups excluding carboxylic acids is 2. The SMILES string of the molecule is CC[C@H](C(=O)NC[C@H]1CCCO1)N(C(=O)Cn1nnc(-c2ccc(C)cc2)n1)c1ccccc1C(F)(F)F. The van der Waals surface area contributed by atoms with Crippen molar-refractivity contribution in [3.8, 4) is 11.4 Å². The zero-order chi connectivity index (χ0) is 27.3. The summed E-state index contributed by atoms with van der Waals surface area (Å²) in [6, 6.07) is 10.8. The molecule has 0 unspecified atom stereocenters. The molecule has 1 saturated heterocycles. The van der Waals surface area contributed by atoms with E-state index in [0.29, 0.717) is 12.2 Å². The number of nitrogens with one attached hydrogen (secondary N) is 1. The van der Waals surface area contributed by atoms with E-state index in [4.69, 9.17) is 4.74 Å². The van der Waals surface area contributed by atoms with Crippen molar-refractivity contribution in [1.29, 1.82) is 0 Å². The van der Waals surface area contributed by atoms with Crippen molar-refractivity contribution in [2.24, 2.45) is 0 Å². The molecule has 0 aliphatic carbocycles. The molecule has 12 heteroatoms.